The number of hydrogen-bond donors (Lipinski definition) is 1. The van der Waals surface area contributed by atoms with Crippen molar-refractivity contribution in [3.63, 3.8) is 0 Å². The highest BCUT2D eigenvalue weighted by Gasteiger charge is 2.27. The molecule has 3 heterocycles. The van der Waals surface area contributed by atoms with Gasteiger partial charge in [-0.15, -0.1) is 0 Å². The summed E-state index contributed by atoms with van der Waals surface area (Å²) in [5.41, 5.74) is 2.73. The van der Waals surface area contributed by atoms with E-state index in [9.17, 15) is 4.79 Å². The van der Waals surface area contributed by atoms with Crippen LogP contribution in [0.5, 0.6) is 0 Å². The number of aromatic nitrogens is 4. The van der Waals surface area contributed by atoms with E-state index >= 15 is 0 Å². The number of likely N-dealkylation sites (tertiary alicyclic amines) is 1. The highest BCUT2D eigenvalue weighted by atomic mass is 16.5. The number of aromatic amines is 1. The van der Waals surface area contributed by atoms with Crippen LogP contribution in [-0.4, -0.2) is 44.0 Å². The summed E-state index contributed by atoms with van der Waals surface area (Å²) in [6, 6.07) is 5.82. The number of carbonyl (C=O) groups excluding carboxylic acids is 1. The number of carbonyl (C=O) groups is 1. The summed E-state index contributed by atoms with van der Waals surface area (Å²) in [5, 5.41) is 4.10. The first kappa shape index (κ1) is 13.9. The van der Waals surface area contributed by atoms with Gasteiger partial charge in [-0.1, -0.05) is 5.16 Å². The van der Waals surface area contributed by atoms with Crippen LogP contribution in [0.15, 0.2) is 29.0 Å². The molecule has 0 aliphatic carbocycles. The minimum absolute atomic E-state index is 0.0964. The summed E-state index contributed by atoms with van der Waals surface area (Å²) in [6.45, 7) is 3.06. The lowest BCUT2D eigenvalue weighted by Gasteiger charge is -2.29. The molecule has 1 aromatic carbocycles. The average Bonchev–Trinajstić information content (AvgIpc) is 3.23. The second kappa shape index (κ2) is 5.49. The predicted molar refractivity (Wildman–Crippen MR) is 83.6 cm³/mol. The molecule has 0 bridgehead atoms. The molecule has 0 spiro atoms. The third kappa shape index (κ3) is 2.58. The number of imidazole rings is 1. The van der Waals surface area contributed by atoms with E-state index in [-0.39, 0.29) is 11.8 Å². The summed E-state index contributed by atoms with van der Waals surface area (Å²) in [4.78, 5) is 25.2. The number of piperidine rings is 1. The molecule has 7 nitrogen and oxygen atoms in total. The maximum Gasteiger partial charge on any atom is 0.231 e. The fourth-order valence-corrected chi connectivity index (χ4v) is 3.06. The molecule has 0 unspecified atom stereocenters. The maximum atomic E-state index is 11.6. The van der Waals surface area contributed by atoms with Crippen molar-refractivity contribution in [1.82, 2.24) is 25.0 Å². The molecular weight excluding hydrogens is 294 g/mol. The van der Waals surface area contributed by atoms with Crippen molar-refractivity contribution in [2.24, 2.45) is 0 Å². The van der Waals surface area contributed by atoms with Crippen LogP contribution in [0.25, 0.3) is 22.4 Å². The third-order valence-corrected chi connectivity index (χ3v) is 4.34. The molecule has 1 fully saturated rings. The first-order valence-electron chi connectivity index (χ1n) is 7.73. The van der Waals surface area contributed by atoms with Gasteiger partial charge in [-0.25, -0.2) is 4.98 Å². The molecule has 1 N–H and O–H groups in total. The third-order valence-electron chi connectivity index (χ3n) is 4.34. The zero-order valence-electron chi connectivity index (χ0n) is 12.8. The summed E-state index contributed by atoms with van der Waals surface area (Å²) in [5.74, 6) is 1.39. The number of nitrogens with one attached hydrogen (secondary N) is 1. The zero-order chi connectivity index (χ0) is 15.8. The quantitative estimate of drug-likeness (QED) is 0.785. The Bertz CT molecular complexity index is 853. The van der Waals surface area contributed by atoms with Crippen molar-refractivity contribution in [2.75, 3.05) is 13.1 Å². The standard InChI is InChI=1S/C16H17N5O2/c1-10(22)21-6-2-3-12(8-21)16-19-15(20-23-16)11-4-5-13-14(7-11)18-9-17-13/h4-5,7,9,12H,2-3,6,8H2,1H3,(H,17,18)/t12-/m1/s1. The largest absolute Gasteiger partial charge is 0.345 e. The Kier molecular flexibility index (Phi) is 3.33. The molecule has 118 valence electrons. The van der Waals surface area contributed by atoms with Crippen LogP contribution in [0.2, 0.25) is 0 Å². The molecule has 1 saturated heterocycles. The van der Waals surface area contributed by atoms with Gasteiger partial charge in [0.2, 0.25) is 17.6 Å². The van der Waals surface area contributed by atoms with Gasteiger partial charge in [0.15, 0.2) is 0 Å². The molecule has 23 heavy (non-hydrogen) atoms. The lowest BCUT2D eigenvalue weighted by molar-refractivity contribution is -0.130. The van der Waals surface area contributed by atoms with E-state index < -0.39 is 0 Å². The number of nitrogens with zero attached hydrogens (tertiary/aromatic N) is 4. The van der Waals surface area contributed by atoms with E-state index in [1.165, 1.54) is 0 Å². The highest BCUT2D eigenvalue weighted by molar-refractivity contribution is 5.79. The molecule has 0 saturated carbocycles. The Morgan fingerprint density at radius 2 is 2.35 bits per heavy atom. The Labute approximate surface area is 132 Å². The van der Waals surface area contributed by atoms with Crippen LogP contribution in [0.4, 0.5) is 0 Å². The summed E-state index contributed by atoms with van der Waals surface area (Å²) < 4.78 is 5.46. The van der Waals surface area contributed by atoms with Gasteiger partial charge in [-0.2, -0.15) is 4.98 Å². The van der Waals surface area contributed by atoms with Gasteiger partial charge in [0.1, 0.15) is 0 Å². The highest BCUT2D eigenvalue weighted by Crippen LogP contribution is 2.28. The average molecular weight is 311 g/mol. The fourth-order valence-electron chi connectivity index (χ4n) is 3.06. The lowest BCUT2D eigenvalue weighted by Crippen LogP contribution is -2.37. The molecule has 1 aliphatic heterocycles. The van der Waals surface area contributed by atoms with Crippen LogP contribution in [-0.2, 0) is 4.79 Å². The van der Waals surface area contributed by atoms with E-state index in [1.54, 1.807) is 13.3 Å². The molecule has 1 amide bonds. The van der Waals surface area contributed by atoms with E-state index in [2.05, 4.69) is 20.1 Å². The van der Waals surface area contributed by atoms with Gasteiger partial charge < -0.3 is 14.4 Å². The van der Waals surface area contributed by atoms with Crippen molar-refractivity contribution in [3.8, 4) is 11.4 Å². The smallest absolute Gasteiger partial charge is 0.231 e. The van der Waals surface area contributed by atoms with Crippen molar-refractivity contribution >= 4 is 16.9 Å². The number of hydrogen-bond acceptors (Lipinski definition) is 5. The second-order valence-electron chi connectivity index (χ2n) is 5.89. The van der Waals surface area contributed by atoms with Crippen LogP contribution >= 0.6 is 0 Å². The molecule has 1 atom stereocenters. The maximum absolute atomic E-state index is 11.6. The number of fused-ring (bicyclic) bond motifs is 1. The summed E-state index contributed by atoms with van der Waals surface area (Å²) >= 11 is 0. The van der Waals surface area contributed by atoms with Crippen LogP contribution in [0.1, 0.15) is 31.6 Å². The Balaban J connectivity index is 1.59. The van der Waals surface area contributed by atoms with Crippen LogP contribution in [0.3, 0.4) is 0 Å². The zero-order valence-corrected chi connectivity index (χ0v) is 12.8. The van der Waals surface area contributed by atoms with E-state index in [4.69, 9.17) is 4.52 Å². The van der Waals surface area contributed by atoms with Gasteiger partial charge >= 0.3 is 0 Å². The van der Waals surface area contributed by atoms with E-state index in [0.29, 0.717) is 18.3 Å². The topological polar surface area (TPSA) is 87.9 Å². The van der Waals surface area contributed by atoms with Crippen molar-refractivity contribution in [2.45, 2.75) is 25.7 Å². The first-order valence-corrected chi connectivity index (χ1v) is 7.73. The Hall–Kier alpha value is -2.70. The van der Waals surface area contributed by atoms with Gasteiger partial charge in [0.25, 0.3) is 0 Å². The monoisotopic (exact) mass is 311 g/mol. The van der Waals surface area contributed by atoms with Crippen molar-refractivity contribution in [3.05, 3.63) is 30.4 Å². The number of benzene rings is 1. The van der Waals surface area contributed by atoms with E-state index in [1.807, 2.05) is 23.1 Å². The molecule has 4 rings (SSSR count). The van der Waals surface area contributed by atoms with Gasteiger partial charge in [0, 0.05) is 25.6 Å². The number of H-pyrrole nitrogens is 1. The van der Waals surface area contributed by atoms with Gasteiger partial charge in [-0.05, 0) is 31.0 Å². The van der Waals surface area contributed by atoms with Gasteiger partial charge in [0.05, 0.1) is 23.3 Å². The van der Waals surface area contributed by atoms with E-state index in [0.717, 1.165) is 36.0 Å². The van der Waals surface area contributed by atoms with Crippen molar-refractivity contribution < 1.29 is 9.32 Å². The number of rotatable bonds is 2. The lowest BCUT2D eigenvalue weighted by atomic mass is 9.98. The Morgan fingerprint density at radius 1 is 1.43 bits per heavy atom. The SMILES string of the molecule is CC(=O)N1CCC[C@@H](c2nc(-c3ccc4nc[nH]c4c3)no2)C1. The van der Waals surface area contributed by atoms with Crippen molar-refractivity contribution in [1.29, 1.82) is 0 Å². The molecule has 3 aromatic rings. The molecule has 7 heteroatoms. The number of amides is 1. The first-order chi connectivity index (χ1) is 11.2. The molecule has 2 aromatic heterocycles. The minimum atomic E-state index is 0.0964. The fraction of sp³-hybridized carbons (Fsp3) is 0.375. The summed E-state index contributed by atoms with van der Waals surface area (Å²) in [6.07, 6.45) is 3.58. The van der Waals surface area contributed by atoms with Crippen LogP contribution < -0.4 is 0 Å². The second-order valence-corrected chi connectivity index (χ2v) is 5.89. The predicted octanol–water partition coefficient (Wildman–Crippen LogP) is 2.34. The molecule has 0 radical (unpaired) electrons. The minimum Gasteiger partial charge on any atom is -0.345 e. The van der Waals surface area contributed by atoms with Crippen LogP contribution in [0, 0.1) is 0 Å². The summed E-state index contributed by atoms with van der Waals surface area (Å²) in [7, 11) is 0. The molecular formula is C16H17N5O2. The van der Waals surface area contributed by atoms with Gasteiger partial charge in [-0.3, -0.25) is 4.79 Å². The normalized spacial score (nSPS) is 18.5. The molecule has 1 aliphatic rings. The Morgan fingerprint density at radius 3 is 3.22 bits per heavy atom.